The molecule has 1 atom stereocenters. The van der Waals surface area contributed by atoms with Crippen molar-refractivity contribution in [1.82, 2.24) is 10.2 Å². The van der Waals surface area contributed by atoms with Crippen molar-refractivity contribution in [2.75, 3.05) is 0 Å². The fraction of sp³-hybridized carbons (Fsp3) is 0.0588. The van der Waals surface area contributed by atoms with Crippen LogP contribution in [0.1, 0.15) is 5.56 Å². The summed E-state index contributed by atoms with van der Waals surface area (Å²) >= 11 is -1.92. The van der Waals surface area contributed by atoms with Gasteiger partial charge in [-0.2, -0.15) is 5.10 Å². The molecule has 2 aromatic carbocycles. The first-order chi connectivity index (χ1) is 11.5. The van der Waals surface area contributed by atoms with E-state index in [9.17, 15) is 13.4 Å². The quantitative estimate of drug-likeness (QED) is 0.713. The number of hydrogen-bond donors (Lipinski definition) is 2. The lowest BCUT2D eigenvalue weighted by Crippen LogP contribution is -2.12. The van der Waals surface area contributed by atoms with Crippen molar-refractivity contribution in [3.05, 3.63) is 76.5 Å². The van der Waals surface area contributed by atoms with Crippen LogP contribution in [-0.2, 0) is 16.8 Å². The summed E-state index contributed by atoms with van der Waals surface area (Å²) in [6.07, 6.45) is 1.50. The van der Waals surface area contributed by atoms with Gasteiger partial charge in [0.25, 0.3) is 5.56 Å². The first-order valence-corrected chi connectivity index (χ1v) is 8.32. The summed E-state index contributed by atoms with van der Waals surface area (Å²) in [5.41, 5.74) is 2.32. The third-order valence-electron chi connectivity index (χ3n) is 3.52. The maximum Gasteiger partial charge on any atom is 0.272 e. The molecular weight excluding hydrogens is 331 g/mol. The third-order valence-corrected chi connectivity index (χ3v) is 4.10. The number of nitrogens with zero attached hydrogens (tertiary/aromatic N) is 1. The Morgan fingerprint density at radius 2 is 1.88 bits per heavy atom. The van der Waals surface area contributed by atoms with Crippen molar-refractivity contribution in [1.29, 1.82) is 0 Å². The van der Waals surface area contributed by atoms with Gasteiger partial charge < -0.3 is 4.55 Å². The molecule has 122 valence electrons. The van der Waals surface area contributed by atoms with Crippen LogP contribution in [0.15, 0.2) is 59.5 Å². The standard InChI is InChI=1S/C17H13FN2O3S/c18-14-3-1-2-13(8-14)16-15(9-19-20-17(16)21)12-6-4-11(5-7-12)10-24(22)23/h1-9H,10H2,(H,20,21)(H,22,23). The summed E-state index contributed by atoms with van der Waals surface area (Å²) < 4.78 is 33.3. The number of hydrogen-bond acceptors (Lipinski definition) is 3. The van der Waals surface area contributed by atoms with Crippen LogP contribution >= 0.6 is 0 Å². The number of nitrogens with one attached hydrogen (secondary N) is 1. The monoisotopic (exact) mass is 344 g/mol. The van der Waals surface area contributed by atoms with Crippen LogP contribution < -0.4 is 5.56 Å². The highest BCUT2D eigenvalue weighted by atomic mass is 32.2. The molecule has 0 saturated heterocycles. The van der Waals surface area contributed by atoms with Crippen LogP contribution in [0.3, 0.4) is 0 Å². The average Bonchev–Trinajstić information content (AvgIpc) is 2.55. The Hall–Kier alpha value is -2.64. The van der Waals surface area contributed by atoms with Crippen molar-refractivity contribution in [2.24, 2.45) is 0 Å². The van der Waals surface area contributed by atoms with Crippen LogP contribution in [0.4, 0.5) is 4.39 Å². The Morgan fingerprint density at radius 3 is 2.54 bits per heavy atom. The minimum atomic E-state index is -1.92. The number of benzene rings is 2. The molecule has 0 bridgehead atoms. The van der Waals surface area contributed by atoms with Crippen molar-refractivity contribution >= 4 is 11.1 Å². The fourth-order valence-corrected chi connectivity index (χ4v) is 2.95. The number of halogens is 1. The van der Waals surface area contributed by atoms with Gasteiger partial charge >= 0.3 is 0 Å². The fourth-order valence-electron chi connectivity index (χ4n) is 2.47. The van der Waals surface area contributed by atoms with E-state index in [1.807, 2.05) is 0 Å². The van der Waals surface area contributed by atoms with E-state index >= 15 is 0 Å². The number of aromatic amines is 1. The lowest BCUT2D eigenvalue weighted by atomic mass is 9.97. The zero-order valence-electron chi connectivity index (χ0n) is 12.4. The molecule has 24 heavy (non-hydrogen) atoms. The van der Waals surface area contributed by atoms with Crippen LogP contribution in [-0.4, -0.2) is 19.0 Å². The summed E-state index contributed by atoms with van der Waals surface area (Å²) in [6.45, 7) is 0. The zero-order valence-corrected chi connectivity index (χ0v) is 13.2. The Bertz CT molecular complexity index is 955. The Morgan fingerprint density at radius 1 is 1.12 bits per heavy atom. The topological polar surface area (TPSA) is 83.0 Å². The van der Waals surface area contributed by atoms with Gasteiger partial charge in [0.05, 0.1) is 17.5 Å². The average molecular weight is 344 g/mol. The van der Waals surface area contributed by atoms with E-state index in [0.29, 0.717) is 27.8 Å². The molecule has 0 saturated carbocycles. The van der Waals surface area contributed by atoms with E-state index < -0.39 is 22.5 Å². The van der Waals surface area contributed by atoms with E-state index in [1.165, 1.54) is 24.4 Å². The van der Waals surface area contributed by atoms with E-state index in [4.69, 9.17) is 4.55 Å². The Labute approximate surface area is 139 Å². The van der Waals surface area contributed by atoms with E-state index in [2.05, 4.69) is 10.2 Å². The lowest BCUT2D eigenvalue weighted by molar-refractivity contribution is 0.563. The van der Waals surface area contributed by atoms with Gasteiger partial charge in [-0.25, -0.2) is 13.7 Å². The molecule has 2 N–H and O–H groups in total. The second-order valence-corrected chi connectivity index (χ2v) is 6.09. The molecule has 1 unspecified atom stereocenters. The molecule has 3 aromatic rings. The van der Waals surface area contributed by atoms with Gasteiger partial charge in [0.1, 0.15) is 5.82 Å². The smallest absolute Gasteiger partial charge is 0.272 e. The van der Waals surface area contributed by atoms with Crippen molar-refractivity contribution in [3.8, 4) is 22.3 Å². The van der Waals surface area contributed by atoms with Crippen LogP contribution in [0.25, 0.3) is 22.3 Å². The van der Waals surface area contributed by atoms with Gasteiger partial charge in [0.15, 0.2) is 11.1 Å². The summed E-state index contributed by atoms with van der Waals surface area (Å²) in [5.74, 6) is -0.402. The molecule has 0 amide bonds. The van der Waals surface area contributed by atoms with Gasteiger partial charge in [0.2, 0.25) is 0 Å². The molecule has 3 rings (SSSR count). The van der Waals surface area contributed by atoms with Crippen LogP contribution in [0.2, 0.25) is 0 Å². The summed E-state index contributed by atoms with van der Waals surface area (Å²) in [5, 5.41) is 6.18. The molecule has 0 fully saturated rings. The van der Waals surface area contributed by atoms with E-state index in [-0.39, 0.29) is 5.75 Å². The highest BCUT2D eigenvalue weighted by Crippen LogP contribution is 2.29. The maximum atomic E-state index is 13.5. The van der Waals surface area contributed by atoms with Crippen molar-refractivity contribution in [2.45, 2.75) is 5.75 Å². The molecular formula is C17H13FN2O3S. The Kier molecular flexibility index (Phi) is 4.64. The molecule has 0 spiro atoms. The number of aromatic nitrogens is 2. The largest absolute Gasteiger partial charge is 0.306 e. The maximum absolute atomic E-state index is 13.5. The molecule has 0 aliphatic carbocycles. The lowest BCUT2D eigenvalue weighted by Gasteiger charge is -2.09. The summed E-state index contributed by atoms with van der Waals surface area (Å²) in [4.78, 5) is 12.2. The number of H-pyrrole nitrogens is 1. The van der Waals surface area contributed by atoms with Crippen molar-refractivity contribution < 1.29 is 13.2 Å². The van der Waals surface area contributed by atoms with E-state index in [0.717, 1.165) is 0 Å². The molecule has 5 nitrogen and oxygen atoms in total. The predicted molar refractivity (Wildman–Crippen MR) is 90.2 cm³/mol. The molecule has 1 aromatic heterocycles. The van der Waals surface area contributed by atoms with Gasteiger partial charge in [0, 0.05) is 5.56 Å². The van der Waals surface area contributed by atoms with Crippen molar-refractivity contribution in [3.63, 3.8) is 0 Å². The minimum Gasteiger partial charge on any atom is -0.306 e. The van der Waals surface area contributed by atoms with Gasteiger partial charge in [-0.3, -0.25) is 4.79 Å². The third kappa shape index (κ3) is 3.47. The summed E-state index contributed by atoms with van der Waals surface area (Å²) in [7, 11) is 0. The molecule has 0 aliphatic rings. The SMILES string of the molecule is O=c1[nH]ncc(-c2ccc(CS(=O)O)cc2)c1-c1cccc(F)c1. The van der Waals surface area contributed by atoms with Gasteiger partial charge in [-0.05, 0) is 28.8 Å². The second-order valence-electron chi connectivity index (χ2n) is 5.16. The predicted octanol–water partition coefficient (Wildman–Crippen LogP) is 2.96. The molecule has 0 radical (unpaired) electrons. The Balaban J connectivity index is 2.10. The first-order valence-electron chi connectivity index (χ1n) is 7.05. The molecule has 0 aliphatic heterocycles. The highest BCUT2D eigenvalue weighted by Gasteiger charge is 2.13. The van der Waals surface area contributed by atoms with Crippen LogP contribution in [0.5, 0.6) is 0 Å². The molecule has 7 heteroatoms. The first kappa shape index (κ1) is 16.2. The van der Waals surface area contributed by atoms with Crippen LogP contribution in [0, 0.1) is 5.82 Å². The summed E-state index contributed by atoms with van der Waals surface area (Å²) in [6, 6.07) is 12.7. The van der Waals surface area contributed by atoms with Gasteiger partial charge in [-0.1, -0.05) is 36.4 Å². The normalized spacial score (nSPS) is 12.1. The minimum absolute atomic E-state index is 0.0324. The molecule has 1 heterocycles. The van der Waals surface area contributed by atoms with Gasteiger partial charge in [-0.15, -0.1) is 0 Å². The van der Waals surface area contributed by atoms with E-state index in [1.54, 1.807) is 30.3 Å². The highest BCUT2D eigenvalue weighted by molar-refractivity contribution is 7.78. The number of rotatable bonds is 4. The zero-order chi connectivity index (χ0) is 17.1. The second kappa shape index (κ2) is 6.86.